The molecule has 0 spiro atoms. The third-order valence-electron chi connectivity index (χ3n) is 2.72. The number of carboxylic acid groups (broad SMARTS) is 1. The summed E-state index contributed by atoms with van der Waals surface area (Å²) in [7, 11) is 0. The molecule has 0 saturated heterocycles. The fourth-order valence-corrected chi connectivity index (χ4v) is 1.55. The van der Waals surface area contributed by atoms with Gasteiger partial charge in [-0.2, -0.15) is 13.2 Å². The largest absolute Gasteiger partial charge is 0.507 e. The lowest BCUT2D eigenvalue weighted by Gasteiger charge is -2.06. The maximum Gasteiger partial charge on any atom is 0.490 e. The van der Waals surface area contributed by atoms with E-state index in [9.17, 15) is 23.1 Å². The molecule has 2 aromatic rings. The molecule has 25 heavy (non-hydrogen) atoms. The van der Waals surface area contributed by atoms with E-state index >= 15 is 0 Å². The molecule has 2 rings (SSSR count). The lowest BCUT2D eigenvalue weighted by molar-refractivity contribution is -0.192. The maximum atomic E-state index is 11.6. The van der Waals surface area contributed by atoms with Gasteiger partial charge in [0.05, 0.1) is 12.9 Å². The van der Waals surface area contributed by atoms with Crippen LogP contribution in [0.25, 0.3) is 0 Å². The van der Waals surface area contributed by atoms with Crippen LogP contribution in [0.4, 0.5) is 13.2 Å². The first kappa shape index (κ1) is 20.0. The average molecular weight is 360 g/mol. The van der Waals surface area contributed by atoms with Crippen LogP contribution >= 0.6 is 0 Å². The van der Waals surface area contributed by atoms with Crippen LogP contribution in [0.5, 0.6) is 5.75 Å². The minimum atomic E-state index is -5.08. The molecule has 1 aromatic heterocycles. The Labute approximate surface area is 140 Å². The van der Waals surface area contributed by atoms with Crippen molar-refractivity contribution >= 4 is 11.9 Å². The highest BCUT2D eigenvalue weighted by Gasteiger charge is 2.38. The lowest BCUT2D eigenvalue weighted by Crippen LogP contribution is -2.21. The number of carbonyl (C=O) groups excluding carboxylic acids is 1. The number of alkyl halides is 3. The quantitative estimate of drug-likeness (QED) is 0.627. The van der Waals surface area contributed by atoms with E-state index in [4.69, 9.17) is 14.6 Å². The zero-order valence-electron chi connectivity index (χ0n) is 12.8. The minimum Gasteiger partial charge on any atom is -0.507 e. The van der Waals surface area contributed by atoms with Crippen molar-refractivity contribution in [3.63, 3.8) is 0 Å². The second-order valence-corrected chi connectivity index (χ2v) is 4.61. The van der Waals surface area contributed by atoms with Gasteiger partial charge in [-0.15, -0.1) is 0 Å². The van der Waals surface area contributed by atoms with Crippen molar-refractivity contribution in [2.75, 3.05) is 6.61 Å². The predicted molar refractivity (Wildman–Crippen MR) is 78.9 cm³/mol. The van der Waals surface area contributed by atoms with Gasteiger partial charge in [0.1, 0.15) is 11.3 Å². The molecule has 0 amide bonds. The van der Waals surface area contributed by atoms with Crippen LogP contribution in [0.3, 0.4) is 0 Å². The van der Waals surface area contributed by atoms with Gasteiger partial charge in [-0.3, -0.25) is 0 Å². The second kappa shape index (κ2) is 9.30. The van der Waals surface area contributed by atoms with E-state index in [0.717, 1.165) is 6.54 Å². The molecule has 0 aliphatic carbocycles. The number of aryl methyl sites for hydroxylation is 1. The van der Waals surface area contributed by atoms with Crippen LogP contribution in [0, 0.1) is 0 Å². The zero-order valence-corrected chi connectivity index (χ0v) is 12.8. The number of carboxylic acids is 1. The van der Waals surface area contributed by atoms with Gasteiger partial charge in [0, 0.05) is 18.9 Å². The Balaban J connectivity index is 0.000000381. The fraction of sp³-hybridized carbons (Fsp3) is 0.267. The molecule has 2 N–H and O–H groups in total. The number of nitrogens with zero attached hydrogens (tertiary/aromatic N) is 2. The van der Waals surface area contributed by atoms with E-state index in [0.29, 0.717) is 13.0 Å². The third kappa shape index (κ3) is 7.38. The average Bonchev–Trinajstić information content (AvgIpc) is 3.05. The summed E-state index contributed by atoms with van der Waals surface area (Å²) in [6.07, 6.45) is 0.888. The van der Waals surface area contributed by atoms with Gasteiger partial charge in [-0.05, 0) is 18.6 Å². The van der Waals surface area contributed by atoms with Gasteiger partial charge in [-0.1, -0.05) is 12.1 Å². The number of imidazole rings is 1. The monoisotopic (exact) mass is 360 g/mol. The van der Waals surface area contributed by atoms with E-state index in [-0.39, 0.29) is 11.3 Å². The molecular formula is C15H15F3N2O5. The fourth-order valence-electron chi connectivity index (χ4n) is 1.55. The molecule has 136 valence electrons. The molecule has 10 heteroatoms. The number of esters is 1. The molecule has 0 bridgehead atoms. The summed E-state index contributed by atoms with van der Waals surface area (Å²) in [5, 5.41) is 16.6. The highest BCUT2D eigenvalue weighted by Crippen LogP contribution is 2.16. The van der Waals surface area contributed by atoms with E-state index < -0.39 is 18.1 Å². The summed E-state index contributed by atoms with van der Waals surface area (Å²) in [4.78, 5) is 24.4. The van der Waals surface area contributed by atoms with E-state index in [1.165, 1.54) is 12.1 Å². The van der Waals surface area contributed by atoms with Gasteiger partial charge < -0.3 is 19.5 Å². The van der Waals surface area contributed by atoms with Crippen molar-refractivity contribution in [2.45, 2.75) is 19.1 Å². The molecule has 0 saturated carbocycles. The number of aromatic nitrogens is 2. The van der Waals surface area contributed by atoms with Crippen LogP contribution in [-0.4, -0.2) is 44.5 Å². The highest BCUT2D eigenvalue weighted by molar-refractivity contribution is 5.92. The lowest BCUT2D eigenvalue weighted by atomic mass is 10.2. The smallest absolute Gasteiger partial charge is 0.490 e. The molecule has 1 heterocycles. The van der Waals surface area contributed by atoms with E-state index in [2.05, 4.69) is 4.98 Å². The Hall–Kier alpha value is -3.04. The number of ether oxygens (including phenoxy) is 1. The molecule has 0 fully saturated rings. The predicted octanol–water partition coefficient (Wildman–Crippen LogP) is 2.47. The Morgan fingerprint density at radius 1 is 1.24 bits per heavy atom. The van der Waals surface area contributed by atoms with Crippen LogP contribution in [0.2, 0.25) is 0 Å². The topological polar surface area (TPSA) is 102 Å². The molecule has 7 nitrogen and oxygen atoms in total. The van der Waals surface area contributed by atoms with Gasteiger partial charge in [0.15, 0.2) is 0 Å². The summed E-state index contributed by atoms with van der Waals surface area (Å²) in [6.45, 7) is 1.05. The number of halogens is 3. The number of phenols is 1. The van der Waals surface area contributed by atoms with Gasteiger partial charge >= 0.3 is 18.1 Å². The summed E-state index contributed by atoms with van der Waals surface area (Å²) < 4.78 is 38.7. The summed E-state index contributed by atoms with van der Waals surface area (Å²) in [6, 6.07) is 6.34. The number of aliphatic carboxylic acids is 1. The summed E-state index contributed by atoms with van der Waals surface area (Å²) in [5.74, 6) is -3.32. The van der Waals surface area contributed by atoms with Crippen LogP contribution in [0.1, 0.15) is 16.8 Å². The van der Waals surface area contributed by atoms with Crippen molar-refractivity contribution in [3.8, 4) is 5.75 Å². The SMILES string of the molecule is O=C(O)C(F)(F)F.O=C(OCCCn1ccnc1)c1ccccc1O. The van der Waals surface area contributed by atoms with Crippen molar-refractivity contribution in [3.05, 3.63) is 48.5 Å². The van der Waals surface area contributed by atoms with Crippen molar-refractivity contribution in [2.24, 2.45) is 0 Å². The van der Waals surface area contributed by atoms with Crippen LogP contribution < -0.4 is 0 Å². The Morgan fingerprint density at radius 3 is 2.40 bits per heavy atom. The van der Waals surface area contributed by atoms with E-state index in [1.807, 2.05) is 10.8 Å². The van der Waals surface area contributed by atoms with Gasteiger partial charge in [-0.25, -0.2) is 14.6 Å². The van der Waals surface area contributed by atoms with Crippen molar-refractivity contribution < 1.29 is 37.7 Å². The highest BCUT2D eigenvalue weighted by atomic mass is 19.4. The first-order valence-corrected chi connectivity index (χ1v) is 6.92. The van der Waals surface area contributed by atoms with E-state index in [1.54, 1.807) is 24.7 Å². The molecule has 0 unspecified atom stereocenters. The Morgan fingerprint density at radius 2 is 1.88 bits per heavy atom. The number of carbonyl (C=O) groups is 2. The molecule has 1 aromatic carbocycles. The minimum absolute atomic E-state index is 0.0582. The summed E-state index contributed by atoms with van der Waals surface area (Å²) in [5.41, 5.74) is 0.195. The molecule has 0 atom stereocenters. The number of hydrogen-bond acceptors (Lipinski definition) is 5. The normalized spacial score (nSPS) is 10.5. The van der Waals surface area contributed by atoms with Gasteiger partial charge in [0.25, 0.3) is 0 Å². The number of hydrogen-bond donors (Lipinski definition) is 2. The molecule has 0 aliphatic heterocycles. The number of benzene rings is 1. The number of phenolic OH excluding ortho intramolecular Hbond substituents is 1. The second-order valence-electron chi connectivity index (χ2n) is 4.61. The number of aromatic hydroxyl groups is 1. The summed E-state index contributed by atoms with van der Waals surface area (Å²) >= 11 is 0. The molecule has 0 radical (unpaired) electrons. The zero-order chi connectivity index (χ0) is 18.9. The Kier molecular flexibility index (Phi) is 7.44. The number of para-hydroxylation sites is 1. The Bertz CT molecular complexity index is 687. The van der Waals surface area contributed by atoms with Crippen LogP contribution in [-0.2, 0) is 16.1 Å². The maximum absolute atomic E-state index is 11.6. The molecule has 0 aliphatic rings. The third-order valence-corrected chi connectivity index (χ3v) is 2.72. The van der Waals surface area contributed by atoms with Crippen LogP contribution in [0.15, 0.2) is 43.0 Å². The first-order valence-electron chi connectivity index (χ1n) is 6.92. The number of rotatable bonds is 5. The first-order chi connectivity index (χ1) is 11.7. The van der Waals surface area contributed by atoms with Crippen molar-refractivity contribution in [1.29, 1.82) is 0 Å². The van der Waals surface area contributed by atoms with Gasteiger partial charge in [0.2, 0.25) is 0 Å². The molecular weight excluding hydrogens is 345 g/mol. The van der Waals surface area contributed by atoms with Crippen molar-refractivity contribution in [1.82, 2.24) is 9.55 Å². The standard InChI is InChI=1S/C13H14N2O3.C2HF3O2/c16-12-5-2-1-4-11(12)13(17)18-9-3-7-15-8-6-14-10-15;3-2(4,5)1(6)7/h1-2,4-6,8,10,16H,3,7,9H2;(H,6,7).